The number of nitrogen functional groups attached to an aromatic ring is 1. The van der Waals surface area contributed by atoms with E-state index in [9.17, 15) is 0 Å². The first kappa shape index (κ1) is 16.6. The monoisotopic (exact) mass is 373 g/mol. The van der Waals surface area contributed by atoms with Gasteiger partial charge in [-0.3, -0.25) is 0 Å². The number of methoxy groups -OCH3 is 1. The molecule has 0 amide bonds. The largest absolute Gasteiger partial charge is 0.497 e. The summed E-state index contributed by atoms with van der Waals surface area (Å²) in [6, 6.07) is 15.6. The van der Waals surface area contributed by atoms with Crippen molar-refractivity contribution in [1.82, 2.24) is 9.97 Å². The van der Waals surface area contributed by atoms with Gasteiger partial charge in [-0.05, 0) is 60.0 Å². The van der Waals surface area contributed by atoms with Crippen molar-refractivity contribution < 1.29 is 13.9 Å². The van der Waals surface area contributed by atoms with Crippen LogP contribution in [0.1, 0.15) is 17.4 Å². The molecule has 28 heavy (non-hydrogen) atoms. The average molecular weight is 373 g/mol. The minimum atomic E-state index is 0.0636. The zero-order valence-electron chi connectivity index (χ0n) is 15.4. The van der Waals surface area contributed by atoms with Crippen LogP contribution in [-0.2, 0) is 6.42 Å². The Morgan fingerprint density at radius 1 is 1.07 bits per heavy atom. The van der Waals surface area contributed by atoms with Crippen molar-refractivity contribution in [2.24, 2.45) is 0 Å². The molecule has 2 N–H and O–H groups in total. The summed E-state index contributed by atoms with van der Waals surface area (Å²) in [5.41, 5.74) is 10.4. The molecule has 0 saturated carbocycles. The first-order chi connectivity index (χ1) is 13.7. The minimum Gasteiger partial charge on any atom is -0.497 e. The summed E-state index contributed by atoms with van der Waals surface area (Å²) in [7, 11) is 1.66. The molecule has 6 heteroatoms. The van der Waals surface area contributed by atoms with Crippen LogP contribution < -0.4 is 15.2 Å². The molecule has 0 saturated heterocycles. The van der Waals surface area contributed by atoms with E-state index < -0.39 is 0 Å². The Balaban J connectivity index is 1.46. The van der Waals surface area contributed by atoms with Crippen molar-refractivity contribution in [3.8, 4) is 22.6 Å². The zero-order valence-corrected chi connectivity index (χ0v) is 15.4. The van der Waals surface area contributed by atoms with Gasteiger partial charge in [0.1, 0.15) is 29.4 Å². The molecule has 5 rings (SSSR count). The highest BCUT2D eigenvalue weighted by Gasteiger charge is 2.26. The van der Waals surface area contributed by atoms with E-state index in [2.05, 4.69) is 9.97 Å². The summed E-state index contributed by atoms with van der Waals surface area (Å²) in [4.78, 5) is 8.84. The maximum Gasteiger partial charge on any atom is 0.202 e. The van der Waals surface area contributed by atoms with Crippen LogP contribution in [0.4, 0.5) is 5.82 Å². The first-order valence-corrected chi connectivity index (χ1v) is 9.12. The Morgan fingerprint density at radius 3 is 2.79 bits per heavy atom. The fourth-order valence-corrected chi connectivity index (χ4v) is 3.53. The molecule has 2 aromatic heterocycles. The van der Waals surface area contributed by atoms with Gasteiger partial charge in [0.05, 0.1) is 13.0 Å². The van der Waals surface area contributed by atoms with Gasteiger partial charge in [-0.2, -0.15) is 0 Å². The van der Waals surface area contributed by atoms with Crippen molar-refractivity contribution in [3.05, 3.63) is 66.2 Å². The highest BCUT2D eigenvalue weighted by atomic mass is 16.5. The number of nitrogens with two attached hydrogens (primary N) is 1. The maximum absolute atomic E-state index is 6.10. The lowest BCUT2D eigenvalue weighted by molar-refractivity contribution is 0.243. The van der Waals surface area contributed by atoms with Gasteiger partial charge >= 0.3 is 0 Å². The van der Waals surface area contributed by atoms with Gasteiger partial charge in [-0.15, -0.1) is 0 Å². The van der Waals surface area contributed by atoms with Crippen LogP contribution in [0.3, 0.4) is 0 Å². The molecule has 0 spiro atoms. The van der Waals surface area contributed by atoms with Gasteiger partial charge < -0.3 is 19.6 Å². The van der Waals surface area contributed by atoms with Crippen LogP contribution in [0.2, 0.25) is 0 Å². The van der Waals surface area contributed by atoms with E-state index in [-0.39, 0.29) is 5.92 Å². The summed E-state index contributed by atoms with van der Waals surface area (Å²) in [6.45, 7) is 0.543. The molecular formula is C22H19N3O3. The number of hydrogen-bond donors (Lipinski definition) is 1. The van der Waals surface area contributed by atoms with E-state index in [1.54, 1.807) is 19.4 Å². The molecule has 0 fully saturated rings. The van der Waals surface area contributed by atoms with E-state index >= 15 is 0 Å². The number of rotatable bonds is 3. The molecule has 0 bridgehead atoms. The topological polar surface area (TPSA) is 83.4 Å². The molecule has 6 nitrogen and oxygen atoms in total. The third kappa shape index (κ3) is 2.93. The molecule has 0 unspecified atom stereocenters. The minimum absolute atomic E-state index is 0.0636. The normalized spacial score (nSPS) is 15.8. The van der Waals surface area contributed by atoms with E-state index in [0.717, 1.165) is 45.7 Å². The van der Waals surface area contributed by atoms with Gasteiger partial charge in [-0.25, -0.2) is 9.97 Å². The van der Waals surface area contributed by atoms with E-state index in [1.165, 1.54) is 0 Å². The first-order valence-electron chi connectivity index (χ1n) is 9.12. The molecule has 0 aliphatic carbocycles. The Labute approximate surface area is 161 Å². The lowest BCUT2D eigenvalue weighted by atomic mass is 9.96. The van der Waals surface area contributed by atoms with Crippen LogP contribution in [0.5, 0.6) is 11.5 Å². The molecule has 2 aromatic carbocycles. The zero-order chi connectivity index (χ0) is 19.1. The predicted molar refractivity (Wildman–Crippen MR) is 107 cm³/mol. The number of oxazole rings is 1. The summed E-state index contributed by atoms with van der Waals surface area (Å²) in [5.74, 6) is 2.97. The fraction of sp³-hybridized carbons (Fsp3) is 0.182. The summed E-state index contributed by atoms with van der Waals surface area (Å²) in [6.07, 6.45) is 2.56. The number of benzene rings is 2. The number of anilines is 1. The van der Waals surface area contributed by atoms with Crippen LogP contribution in [0, 0.1) is 0 Å². The van der Waals surface area contributed by atoms with Gasteiger partial charge in [0, 0.05) is 11.8 Å². The highest BCUT2D eigenvalue weighted by molar-refractivity contribution is 5.80. The van der Waals surface area contributed by atoms with Crippen LogP contribution >= 0.6 is 0 Å². The number of nitrogens with zero attached hydrogens (tertiary/aromatic N) is 2. The standard InChI is InChI=1S/C22H19N3O3/c1-26-17-4-6-19-15(9-17)8-16(12-27-19)22-25-18-5-2-13(10-20(18)28-22)14-3-7-21(23)24-11-14/h2-7,9-11,16H,8,12H2,1H3,(H2,23,24)/t16-/m0/s1. The third-order valence-corrected chi connectivity index (χ3v) is 5.05. The molecule has 140 valence electrons. The third-order valence-electron chi connectivity index (χ3n) is 5.05. The SMILES string of the molecule is COc1ccc2c(c1)C[C@H](c1nc3ccc(-c4ccc(N)nc4)cc3o1)CO2. The second-order valence-electron chi connectivity index (χ2n) is 6.89. The Bertz CT molecular complexity index is 1150. The van der Waals surface area contributed by atoms with E-state index in [4.69, 9.17) is 19.6 Å². The Kier molecular flexibility index (Phi) is 3.90. The average Bonchev–Trinajstić information content (AvgIpc) is 3.17. The molecule has 1 atom stereocenters. The number of pyridine rings is 1. The van der Waals surface area contributed by atoms with Crippen molar-refractivity contribution in [2.75, 3.05) is 19.5 Å². The summed E-state index contributed by atoms with van der Waals surface area (Å²) in [5, 5.41) is 0. The van der Waals surface area contributed by atoms with Crippen LogP contribution in [0.25, 0.3) is 22.2 Å². The number of fused-ring (bicyclic) bond motifs is 2. The van der Waals surface area contributed by atoms with Gasteiger partial charge in [0.2, 0.25) is 5.89 Å². The van der Waals surface area contributed by atoms with E-state index in [0.29, 0.717) is 18.3 Å². The molecule has 1 aliphatic heterocycles. The molecular weight excluding hydrogens is 354 g/mol. The molecule has 4 aromatic rings. The van der Waals surface area contributed by atoms with Crippen molar-refractivity contribution in [3.63, 3.8) is 0 Å². The summed E-state index contributed by atoms with van der Waals surface area (Å²) >= 11 is 0. The molecule has 1 aliphatic rings. The highest BCUT2D eigenvalue weighted by Crippen LogP contribution is 2.35. The number of hydrogen-bond acceptors (Lipinski definition) is 6. The fourth-order valence-electron chi connectivity index (χ4n) is 3.53. The number of ether oxygens (including phenoxy) is 2. The second kappa shape index (κ2) is 6.56. The van der Waals surface area contributed by atoms with Crippen molar-refractivity contribution in [2.45, 2.75) is 12.3 Å². The number of aromatic nitrogens is 2. The quantitative estimate of drug-likeness (QED) is 0.579. The van der Waals surface area contributed by atoms with Gasteiger partial charge in [0.15, 0.2) is 5.58 Å². The predicted octanol–water partition coefficient (Wildman–Crippen LogP) is 4.20. The summed E-state index contributed by atoms with van der Waals surface area (Å²) < 4.78 is 17.3. The van der Waals surface area contributed by atoms with E-state index in [1.807, 2.05) is 42.5 Å². The van der Waals surface area contributed by atoms with Crippen LogP contribution in [-0.4, -0.2) is 23.7 Å². The molecule has 0 radical (unpaired) electrons. The lowest BCUT2D eigenvalue weighted by Gasteiger charge is -2.23. The molecule has 3 heterocycles. The van der Waals surface area contributed by atoms with Gasteiger partial charge in [-0.1, -0.05) is 6.07 Å². The van der Waals surface area contributed by atoms with Crippen LogP contribution in [0.15, 0.2) is 59.1 Å². The lowest BCUT2D eigenvalue weighted by Crippen LogP contribution is -2.19. The maximum atomic E-state index is 6.10. The van der Waals surface area contributed by atoms with Crippen molar-refractivity contribution in [1.29, 1.82) is 0 Å². The Morgan fingerprint density at radius 2 is 1.96 bits per heavy atom. The second-order valence-corrected chi connectivity index (χ2v) is 6.89. The smallest absolute Gasteiger partial charge is 0.202 e. The Hall–Kier alpha value is -3.54. The van der Waals surface area contributed by atoms with Gasteiger partial charge in [0.25, 0.3) is 0 Å². The van der Waals surface area contributed by atoms with Crippen molar-refractivity contribution >= 4 is 16.9 Å².